The van der Waals surface area contributed by atoms with Crippen molar-refractivity contribution < 1.29 is 9.21 Å². The lowest BCUT2D eigenvalue weighted by Gasteiger charge is -2.14. The van der Waals surface area contributed by atoms with Gasteiger partial charge in [0.25, 0.3) is 5.91 Å². The molecule has 0 saturated heterocycles. The summed E-state index contributed by atoms with van der Waals surface area (Å²) in [5.41, 5.74) is 1.67. The van der Waals surface area contributed by atoms with E-state index < -0.39 is 0 Å². The van der Waals surface area contributed by atoms with Crippen molar-refractivity contribution in [1.29, 1.82) is 0 Å². The van der Waals surface area contributed by atoms with Crippen molar-refractivity contribution in [1.82, 2.24) is 19.6 Å². The predicted octanol–water partition coefficient (Wildman–Crippen LogP) is 5.21. The first kappa shape index (κ1) is 18.7. The van der Waals surface area contributed by atoms with Crippen molar-refractivity contribution in [2.45, 2.75) is 25.8 Å². The third-order valence-corrected chi connectivity index (χ3v) is 5.61. The first-order valence-corrected chi connectivity index (χ1v) is 10.2. The summed E-state index contributed by atoms with van der Waals surface area (Å²) < 4.78 is 9.08. The summed E-state index contributed by atoms with van der Waals surface area (Å²) in [6.07, 6.45) is 5.69. The lowest BCUT2D eigenvalue weighted by Crippen LogP contribution is -2.19. The maximum atomic E-state index is 13.0. The molecule has 0 bridgehead atoms. The molecule has 1 fully saturated rings. The van der Waals surface area contributed by atoms with Crippen LogP contribution in [0.15, 0.2) is 65.4 Å². The van der Waals surface area contributed by atoms with Crippen LogP contribution in [0.4, 0.5) is 5.82 Å². The smallest absolute Gasteiger partial charge is 0.277 e. The third kappa shape index (κ3) is 3.52. The zero-order chi connectivity index (χ0) is 20.7. The highest BCUT2D eigenvalue weighted by atomic mass is 35.5. The van der Waals surface area contributed by atoms with E-state index in [9.17, 15) is 4.79 Å². The van der Waals surface area contributed by atoms with Gasteiger partial charge in [-0.3, -0.25) is 4.79 Å². The number of anilines is 1. The molecule has 7 nitrogen and oxygen atoms in total. The molecule has 1 unspecified atom stereocenters. The van der Waals surface area contributed by atoms with Gasteiger partial charge in [0, 0.05) is 17.2 Å². The van der Waals surface area contributed by atoms with Gasteiger partial charge in [-0.2, -0.15) is 10.2 Å². The molecule has 3 heterocycles. The summed E-state index contributed by atoms with van der Waals surface area (Å²) in [6.45, 7) is 2.13. The maximum Gasteiger partial charge on any atom is 0.277 e. The molecule has 1 aromatic carbocycles. The molecule has 152 valence electrons. The van der Waals surface area contributed by atoms with Crippen LogP contribution in [0.1, 0.15) is 36.3 Å². The standard InChI is InChI=1S/C22H20ClN5O2/c1-14(15-7-8-15)27-21(9-10-24-27)25-22(29)18-13-19(20-6-3-11-30-20)28(26-18)17-5-2-4-16(23)12-17/h2-6,9-15H,7-8H2,1H3,(H,25,29). The number of carbonyl (C=O) groups is 1. The van der Waals surface area contributed by atoms with Crippen LogP contribution in [-0.2, 0) is 0 Å². The third-order valence-electron chi connectivity index (χ3n) is 5.37. The van der Waals surface area contributed by atoms with E-state index in [2.05, 4.69) is 22.4 Å². The molecule has 3 aromatic heterocycles. The van der Waals surface area contributed by atoms with Crippen LogP contribution in [-0.4, -0.2) is 25.5 Å². The number of amides is 1. The van der Waals surface area contributed by atoms with E-state index in [4.69, 9.17) is 16.0 Å². The SMILES string of the molecule is CC(C1CC1)n1nccc1NC(=O)c1cc(-c2ccco2)n(-c2cccc(Cl)c2)n1. The van der Waals surface area contributed by atoms with Crippen LogP contribution in [0.3, 0.4) is 0 Å². The highest BCUT2D eigenvalue weighted by molar-refractivity contribution is 6.30. The highest BCUT2D eigenvalue weighted by Gasteiger charge is 2.31. The van der Waals surface area contributed by atoms with E-state index in [1.165, 1.54) is 12.8 Å². The largest absolute Gasteiger partial charge is 0.463 e. The van der Waals surface area contributed by atoms with Gasteiger partial charge in [-0.25, -0.2) is 9.36 Å². The second-order valence-corrected chi connectivity index (χ2v) is 7.91. The molecule has 1 amide bonds. The molecule has 8 heteroatoms. The maximum absolute atomic E-state index is 13.0. The van der Waals surface area contributed by atoms with Gasteiger partial charge in [-0.05, 0) is 56.0 Å². The first-order chi connectivity index (χ1) is 14.6. The Kier molecular flexibility index (Phi) is 4.67. The molecule has 4 aromatic rings. The molecule has 1 aliphatic rings. The van der Waals surface area contributed by atoms with E-state index in [-0.39, 0.29) is 17.6 Å². The number of nitrogens with one attached hydrogen (secondary N) is 1. The molecular weight excluding hydrogens is 402 g/mol. The van der Waals surface area contributed by atoms with Crippen molar-refractivity contribution in [3.8, 4) is 17.1 Å². The molecule has 0 aliphatic heterocycles. The van der Waals surface area contributed by atoms with Crippen molar-refractivity contribution in [2.24, 2.45) is 5.92 Å². The van der Waals surface area contributed by atoms with Crippen LogP contribution >= 0.6 is 11.6 Å². The Morgan fingerprint density at radius 3 is 2.83 bits per heavy atom. The summed E-state index contributed by atoms with van der Waals surface area (Å²) in [4.78, 5) is 13.0. The van der Waals surface area contributed by atoms with Gasteiger partial charge in [-0.15, -0.1) is 0 Å². The Balaban J connectivity index is 1.48. The Labute approximate surface area is 178 Å². The summed E-state index contributed by atoms with van der Waals surface area (Å²) >= 11 is 6.16. The monoisotopic (exact) mass is 421 g/mol. The van der Waals surface area contributed by atoms with E-state index in [0.29, 0.717) is 28.2 Å². The first-order valence-electron chi connectivity index (χ1n) is 9.85. The van der Waals surface area contributed by atoms with E-state index >= 15 is 0 Å². The quantitative estimate of drug-likeness (QED) is 0.463. The summed E-state index contributed by atoms with van der Waals surface area (Å²) in [5.74, 6) is 1.58. The van der Waals surface area contributed by atoms with Crippen molar-refractivity contribution >= 4 is 23.3 Å². The van der Waals surface area contributed by atoms with E-state index in [1.807, 2.05) is 22.9 Å². The van der Waals surface area contributed by atoms with Gasteiger partial charge in [-0.1, -0.05) is 17.7 Å². The van der Waals surface area contributed by atoms with Crippen LogP contribution in [0.5, 0.6) is 0 Å². The van der Waals surface area contributed by atoms with E-state index in [1.54, 1.807) is 47.5 Å². The van der Waals surface area contributed by atoms with Crippen molar-refractivity contribution in [3.63, 3.8) is 0 Å². The molecule has 1 atom stereocenters. The van der Waals surface area contributed by atoms with Gasteiger partial charge in [0.15, 0.2) is 11.5 Å². The number of rotatable bonds is 6. The minimum absolute atomic E-state index is 0.248. The zero-order valence-electron chi connectivity index (χ0n) is 16.3. The summed E-state index contributed by atoms with van der Waals surface area (Å²) in [7, 11) is 0. The number of halogens is 1. The lowest BCUT2D eigenvalue weighted by molar-refractivity contribution is 0.102. The lowest BCUT2D eigenvalue weighted by atomic mass is 10.2. The van der Waals surface area contributed by atoms with Gasteiger partial charge >= 0.3 is 0 Å². The Morgan fingerprint density at radius 2 is 2.10 bits per heavy atom. The number of benzene rings is 1. The minimum atomic E-state index is -0.312. The number of carbonyl (C=O) groups excluding carboxylic acids is 1. The van der Waals surface area contributed by atoms with Crippen LogP contribution in [0.25, 0.3) is 17.1 Å². The van der Waals surface area contributed by atoms with Crippen LogP contribution < -0.4 is 5.32 Å². The molecule has 0 radical (unpaired) electrons. The normalized spacial score (nSPS) is 14.6. The fourth-order valence-electron chi connectivity index (χ4n) is 3.59. The number of hydrogen-bond donors (Lipinski definition) is 1. The fourth-order valence-corrected chi connectivity index (χ4v) is 3.78. The average molecular weight is 422 g/mol. The summed E-state index contributed by atoms with van der Waals surface area (Å²) in [6, 6.07) is 14.7. The van der Waals surface area contributed by atoms with Crippen molar-refractivity contribution in [2.75, 3.05) is 5.32 Å². The molecule has 5 rings (SSSR count). The number of hydrogen-bond acceptors (Lipinski definition) is 4. The van der Waals surface area contributed by atoms with Crippen molar-refractivity contribution in [3.05, 3.63) is 71.7 Å². The Bertz CT molecular complexity index is 1190. The van der Waals surface area contributed by atoms with Crippen LogP contribution in [0, 0.1) is 5.92 Å². The van der Waals surface area contributed by atoms with E-state index in [0.717, 1.165) is 5.69 Å². The molecule has 30 heavy (non-hydrogen) atoms. The highest BCUT2D eigenvalue weighted by Crippen LogP contribution is 2.40. The number of nitrogens with zero attached hydrogens (tertiary/aromatic N) is 4. The van der Waals surface area contributed by atoms with Gasteiger partial charge in [0.05, 0.1) is 24.2 Å². The second-order valence-electron chi connectivity index (χ2n) is 7.48. The number of furan rings is 1. The van der Waals surface area contributed by atoms with Gasteiger partial charge in [0.2, 0.25) is 0 Å². The zero-order valence-corrected chi connectivity index (χ0v) is 17.1. The molecule has 1 saturated carbocycles. The summed E-state index contributed by atoms with van der Waals surface area (Å²) in [5, 5.41) is 12.5. The topological polar surface area (TPSA) is 77.9 Å². The molecule has 0 spiro atoms. The van der Waals surface area contributed by atoms with Gasteiger partial charge < -0.3 is 9.73 Å². The average Bonchev–Trinajstić information content (AvgIpc) is 3.12. The molecule has 1 aliphatic carbocycles. The Hall–Kier alpha value is -3.32. The Morgan fingerprint density at radius 1 is 1.23 bits per heavy atom. The van der Waals surface area contributed by atoms with Gasteiger partial charge in [0.1, 0.15) is 11.5 Å². The number of aromatic nitrogens is 4. The molecule has 1 N–H and O–H groups in total. The second kappa shape index (κ2) is 7.50. The fraction of sp³-hybridized carbons (Fsp3) is 0.227. The molecular formula is C22H20ClN5O2. The predicted molar refractivity (Wildman–Crippen MR) is 114 cm³/mol. The minimum Gasteiger partial charge on any atom is -0.463 e. The van der Waals surface area contributed by atoms with Crippen LogP contribution in [0.2, 0.25) is 5.02 Å².